The van der Waals surface area contributed by atoms with E-state index in [0.717, 1.165) is 0 Å². The van der Waals surface area contributed by atoms with Gasteiger partial charge in [-0.2, -0.15) is 11.8 Å². The summed E-state index contributed by atoms with van der Waals surface area (Å²) in [5.41, 5.74) is 16.5. The van der Waals surface area contributed by atoms with Gasteiger partial charge in [0.15, 0.2) is 5.96 Å². The fraction of sp³-hybridized carbons (Fsp3) is 0.727. The standard InChI is InChI=1S/C22H41N7O7S/c1-12(2)11-16(20(34)28-15(21(35)36)6-7-17(30)31)29-19(33)14(8-10-37-3)27-18(32)13(23)5-4-9-26-22(24)25/h12-16H,4-11,23H2,1-3H3,(H,27,32)(H,28,34)(H,29,33)(H,30,31)(H,35,36)(H4,24,25,26). The second-order valence-electron chi connectivity index (χ2n) is 8.92. The van der Waals surface area contributed by atoms with Gasteiger partial charge < -0.3 is 43.4 Å². The molecule has 0 spiro atoms. The van der Waals surface area contributed by atoms with Gasteiger partial charge in [0, 0.05) is 13.0 Å². The van der Waals surface area contributed by atoms with Gasteiger partial charge in [0.25, 0.3) is 0 Å². The molecule has 0 radical (unpaired) electrons. The van der Waals surface area contributed by atoms with E-state index in [4.69, 9.17) is 22.3 Å². The molecule has 0 aliphatic carbocycles. The minimum absolute atomic E-state index is 0.0452. The lowest BCUT2D eigenvalue weighted by molar-refractivity contribution is -0.143. The molecule has 4 unspecified atom stereocenters. The maximum Gasteiger partial charge on any atom is 0.326 e. The third kappa shape index (κ3) is 15.6. The number of aliphatic carboxylic acids is 2. The smallest absolute Gasteiger partial charge is 0.326 e. The lowest BCUT2D eigenvalue weighted by atomic mass is 10.0. The number of thioether (sulfide) groups is 1. The number of carboxylic acids is 2. The minimum Gasteiger partial charge on any atom is -0.481 e. The lowest BCUT2D eigenvalue weighted by Gasteiger charge is -2.26. The molecule has 11 N–H and O–H groups in total. The van der Waals surface area contributed by atoms with Crippen molar-refractivity contribution in [2.75, 3.05) is 18.6 Å². The van der Waals surface area contributed by atoms with Gasteiger partial charge >= 0.3 is 11.9 Å². The van der Waals surface area contributed by atoms with Crippen LogP contribution in [-0.4, -0.2) is 88.6 Å². The van der Waals surface area contributed by atoms with E-state index in [0.29, 0.717) is 18.7 Å². The molecule has 14 nitrogen and oxygen atoms in total. The van der Waals surface area contributed by atoms with Gasteiger partial charge in [-0.25, -0.2) is 4.79 Å². The lowest BCUT2D eigenvalue weighted by Crippen LogP contribution is -2.57. The first-order chi connectivity index (χ1) is 17.3. The zero-order valence-electron chi connectivity index (χ0n) is 21.6. The molecular weight excluding hydrogens is 506 g/mol. The SMILES string of the molecule is CSCCC(NC(=O)C(N)CCCN=C(N)N)C(=O)NC(CC(C)C)C(=O)NC(CCC(=O)O)C(=O)O. The molecule has 0 rings (SSSR count). The summed E-state index contributed by atoms with van der Waals surface area (Å²) in [6.45, 7) is 3.94. The molecule has 0 fully saturated rings. The second-order valence-corrected chi connectivity index (χ2v) is 9.91. The van der Waals surface area contributed by atoms with Crippen molar-refractivity contribution in [1.82, 2.24) is 16.0 Å². The predicted molar refractivity (Wildman–Crippen MR) is 141 cm³/mol. The number of nitrogens with one attached hydrogen (secondary N) is 3. The molecule has 0 saturated heterocycles. The minimum atomic E-state index is -1.43. The average molecular weight is 548 g/mol. The van der Waals surface area contributed by atoms with E-state index in [-0.39, 0.29) is 37.6 Å². The number of amides is 3. The van der Waals surface area contributed by atoms with Crippen molar-refractivity contribution in [1.29, 1.82) is 0 Å². The molecule has 0 aliphatic rings. The highest BCUT2D eigenvalue weighted by Gasteiger charge is 2.30. The van der Waals surface area contributed by atoms with Crippen LogP contribution in [-0.2, 0) is 24.0 Å². The highest BCUT2D eigenvalue weighted by atomic mass is 32.2. The van der Waals surface area contributed by atoms with Gasteiger partial charge in [0.05, 0.1) is 6.04 Å². The van der Waals surface area contributed by atoms with Gasteiger partial charge in [-0.1, -0.05) is 13.8 Å². The summed E-state index contributed by atoms with van der Waals surface area (Å²) >= 11 is 1.46. The normalized spacial score (nSPS) is 14.1. The third-order valence-corrected chi connectivity index (χ3v) is 5.79. The molecule has 4 atom stereocenters. The van der Waals surface area contributed by atoms with Crippen molar-refractivity contribution < 1.29 is 34.2 Å². The van der Waals surface area contributed by atoms with E-state index in [9.17, 15) is 29.1 Å². The van der Waals surface area contributed by atoms with Gasteiger partial charge in [-0.3, -0.25) is 24.2 Å². The quantitative estimate of drug-likeness (QED) is 0.0528. The Bertz CT molecular complexity index is 806. The average Bonchev–Trinajstić information content (AvgIpc) is 2.80. The number of hydrogen-bond acceptors (Lipinski definition) is 8. The topological polar surface area (TPSA) is 252 Å². The van der Waals surface area contributed by atoms with Crippen LogP contribution < -0.4 is 33.2 Å². The Morgan fingerprint density at radius 1 is 0.865 bits per heavy atom. The van der Waals surface area contributed by atoms with Crippen molar-refractivity contribution in [2.24, 2.45) is 28.1 Å². The number of carbonyl (C=O) groups is 5. The second kappa shape index (κ2) is 18.2. The number of hydrogen-bond donors (Lipinski definition) is 8. The van der Waals surface area contributed by atoms with Gasteiger partial charge in [0.1, 0.15) is 18.1 Å². The number of carboxylic acid groups (broad SMARTS) is 2. The van der Waals surface area contributed by atoms with Crippen LogP contribution in [0.5, 0.6) is 0 Å². The summed E-state index contributed by atoms with van der Waals surface area (Å²) < 4.78 is 0. The first-order valence-electron chi connectivity index (χ1n) is 11.9. The van der Waals surface area contributed by atoms with Crippen LogP contribution in [0.1, 0.15) is 52.4 Å². The van der Waals surface area contributed by atoms with Crippen molar-refractivity contribution in [3.63, 3.8) is 0 Å². The molecule has 0 bridgehead atoms. The van der Waals surface area contributed by atoms with Crippen LogP contribution >= 0.6 is 11.8 Å². The Morgan fingerprint density at radius 3 is 1.95 bits per heavy atom. The summed E-state index contributed by atoms with van der Waals surface area (Å²) in [6, 6.07) is -4.41. The van der Waals surface area contributed by atoms with Crippen molar-refractivity contribution in [3.8, 4) is 0 Å². The summed E-state index contributed by atoms with van der Waals surface area (Å²) in [4.78, 5) is 64.6. The van der Waals surface area contributed by atoms with Crippen molar-refractivity contribution >= 4 is 47.4 Å². The summed E-state index contributed by atoms with van der Waals surface area (Å²) in [7, 11) is 0. The first kappa shape index (κ1) is 33.9. The van der Waals surface area contributed by atoms with E-state index in [2.05, 4.69) is 20.9 Å². The van der Waals surface area contributed by atoms with Crippen LogP contribution in [0.3, 0.4) is 0 Å². The number of aliphatic imine (C=N–C) groups is 1. The van der Waals surface area contributed by atoms with E-state index in [1.807, 2.05) is 20.1 Å². The van der Waals surface area contributed by atoms with Gasteiger partial charge in [-0.15, -0.1) is 0 Å². The molecule has 0 aliphatic heterocycles. The molecule has 37 heavy (non-hydrogen) atoms. The molecule has 0 aromatic carbocycles. The number of guanidine groups is 1. The van der Waals surface area contributed by atoms with Crippen LogP contribution in [0.4, 0.5) is 0 Å². The monoisotopic (exact) mass is 547 g/mol. The third-order valence-electron chi connectivity index (χ3n) is 5.15. The van der Waals surface area contributed by atoms with E-state index in [1.54, 1.807) is 0 Å². The van der Waals surface area contributed by atoms with Crippen LogP contribution in [0, 0.1) is 5.92 Å². The van der Waals surface area contributed by atoms with Crippen LogP contribution in [0.25, 0.3) is 0 Å². The highest BCUT2D eigenvalue weighted by molar-refractivity contribution is 7.98. The Balaban J connectivity index is 5.39. The number of rotatable bonds is 19. The number of carbonyl (C=O) groups excluding carboxylic acids is 3. The molecular formula is C22H41N7O7S. The summed E-state index contributed by atoms with van der Waals surface area (Å²) in [5, 5.41) is 25.7. The Morgan fingerprint density at radius 2 is 1.43 bits per heavy atom. The van der Waals surface area contributed by atoms with E-state index in [1.165, 1.54) is 11.8 Å². The predicted octanol–water partition coefficient (Wildman–Crippen LogP) is -1.43. The number of nitrogens with two attached hydrogens (primary N) is 3. The molecule has 212 valence electrons. The molecule has 0 aromatic heterocycles. The van der Waals surface area contributed by atoms with Gasteiger partial charge in [0.2, 0.25) is 17.7 Å². The molecule has 15 heteroatoms. The first-order valence-corrected chi connectivity index (χ1v) is 13.3. The van der Waals surface area contributed by atoms with Crippen molar-refractivity contribution in [2.45, 2.75) is 76.5 Å². The Kier molecular flexibility index (Phi) is 16.7. The zero-order chi connectivity index (χ0) is 28.5. The maximum absolute atomic E-state index is 13.1. The Hall–Kier alpha value is -3.07. The van der Waals surface area contributed by atoms with E-state index >= 15 is 0 Å². The molecule has 3 amide bonds. The molecule has 0 heterocycles. The van der Waals surface area contributed by atoms with E-state index < -0.39 is 60.2 Å². The molecule has 0 aromatic rings. The molecule has 0 saturated carbocycles. The Labute approximate surface area is 220 Å². The fourth-order valence-electron chi connectivity index (χ4n) is 3.21. The van der Waals surface area contributed by atoms with Crippen molar-refractivity contribution in [3.05, 3.63) is 0 Å². The summed E-state index contributed by atoms with van der Waals surface area (Å²) in [5.74, 6) is -4.08. The van der Waals surface area contributed by atoms with Gasteiger partial charge in [-0.05, 0) is 50.0 Å². The van der Waals surface area contributed by atoms with Crippen LogP contribution in [0.2, 0.25) is 0 Å². The maximum atomic E-state index is 13.1. The largest absolute Gasteiger partial charge is 0.481 e. The highest BCUT2D eigenvalue weighted by Crippen LogP contribution is 2.09. The van der Waals surface area contributed by atoms with Crippen LogP contribution in [0.15, 0.2) is 4.99 Å². The summed E-state index contributed by atoms with van der Waals surface area (Å²) in [6.07, 6.45) is 2.27. The zero-order valence-corrected chi connectivity index (χ0v) is 22.4. The number of nitrogens with zero attached hydrogens (tertiary/aromatic N) is 1. The fourth-order valence-corrected chi connectivity index (χ4v) is 3.68.